The molecule has 2 aliphatic rings. The second-order valence-electron chi connectivity index (χ2n) is 16.8. The molecule has 0 spiro atoms. The molecule has 2 aliphatic carbocycles. The van der Waals surface area contributed by atoms with Crippen LogP contribution in [-0.2, 0) is 16.2 Å². The van der Waals surface area contributed by atoms with Crippen LogP contribution in [-0.4, -0.2) is 0 Å². The number of para-hydroxylation sites is 2. The third kappa shape index (κ3) is 5.05. The molecule has 0 aliphatic heterocycles. The fourth-order valence-electron chi connectivity index (χ4n) is 9.25. The van der Waals surface area contributed by atoms with E-state index >= 15 is 0 Å². The van der Waals surface area contributed by atoms with E-state index in [9.17, 15) is 0 Å². The molecule has 0 saturated carbocycles. The van der Waals surface area contributed by atoms with E-state index in [0.29, 0.717) is 0 Å². The first kappa shape index (κ1) is 33.2. The molecule has 0 saturated heterocycles. The van der Waals surface area contributed by atoms with Gasteiger partial charge in [-0.05, 0) is 129 Å². The second-order valence-corrected chi connectivity index (χ2v) is 16.8. The van der Waals surface area contributed by atoms with Crippen molar-refractivity contribution >= 4 is 17.1 Å². The minimum atomic E-state index is -0.511. The number of fused-ring (bicyclic) bond motifs is 6. The lowest BCUT2D eigenvalue weighted by atomic mass is 9.66. The molecule has 1 atom stereocenters. The molecule has 0 amide bonds. The number of hydrogen-bond donors (Lipinski definition) is 0. The van der Waals surface area contributed by atoms with Gasteiger partial charge in [0.05, 0.1) is 5.41 Å². The smallest absolute Gasteiger partial charge is 0.0713 e. The summed E-state index contributed by atoms with van der Waals surface area (Å²) in [7, 11) is 0. The van der Waals surface area contributed by atoms with Crippen molar-refractivity contribution in [3.63, 3.8) is 0 Å². The predicted octanol–water partition coefficient (Wildman–Crippen LogP) is 13.7. The van der Waals surface area contributed by atoms with Crippen molar-refractivity contribution < 1.29 is 0 Å². The maximum absolute atomic E-state index is 2.56. The largest absolute Gasteiger partial charge is 0.311 e. The Labute approximate surface area is 315 Å². The lowest BCUT2D eigenvalue weighted by Gasteiger charge is -2.35. The summed E-state index contributed by atoms with van der Waals surface area (Å²) in [4.78, 5) is 2.35. The van der Waals surface area contributed by atoms with Gasteiger partial charge in [-0.3, -0.25) is 0 Å². The molecule has 9 rings (SSSR count). The third-order valence-electron chi connectivity index (χ3n) is 12.0. The van der Waals surface area contributed by atoms with Crippen LogP contribution in [0.2, 0.25) is 0 Å². The molecule has 0 fully saturated rings. The minimum Gasteiger partial charge on any atom is -0.311 e. The van der Waals surface area contributed by atoms with Crippen LogP contribution in [0.3, 0.4) is 0 Å². The molecule has 0 bridgehead atoms. The number of aryl methyl sites for hydroxylation is 2. The molecular formula is C52H47N. The number of rotatable bonds is 5. The zero-order valence-electron chi connectivity index (χ0n) is 32.0. The van der Waals surface area contributed by atoms with E-state index in [1.54, 1.807) is 0 Å². The quantitative estimate of drug-likeness (QED) is 0.174. The highest BCUT2D eigenvalue weighted by Crippen LogP contribution is 2.60. The lowest BCUT2D eigenvalue weighted by molar-refractivity contribution is 0.589. The number of anilines is 3. The molecule has 0 aromatic heterocycles. The third-order valence-corrected chi connectivity index (χ3v) is 12.0. The van der Waals surface area contributed by atoms with E-state index in [4.69, 9.17) is 0 Å². The number of nitrogens with zero attached hydrogens (tertiary/aromatic N) is 1. The van der Waals surface area contributed by atoms with Crippen molar-refractivity contribution in [2.75, 3.05) is 4.90 Å². The first-order valence-corrected chi connectivity index (χ1v) is 19.0. The number of hydrogen-bond acceptors (Lipinski definition) is 1. The average molecular weight is 686 g/mol. The molecule has 260 valence electrons. The van der Waals surface area contributed by atoms with Gasteiger partial charge in [0.1, 0.15) is 0 Å². The minimum absolute atomic E-state index is 0.0575. The second kappa shape index (κ2) is 11.9. The van der Waals surface area contributed by atoms with Crippen LogP contribution in [0.5, 0.6) is 0 Å². The molecule has 1 nitrogen and oxygen atoms in total. The van der Waals surface area contributed by atoms with Gasteiger partial charge in [0.15, 0.2) is 0 Å². The van der Waals surface area contributed by atoms with Gasteiger partial charge < -0.3 is 4.90 Å². The standard InChI is InChI=1S/C52H47N/c1-34-18-28-42-44-33-49-45(32-47(44)51(6,7)46(42)30-34)43-29-19-35(2)31-48(43)52(49,37-22-20-36(21-23-37)50(3,4)5)38-24-26-41(27-25-38)53(39-14-10-8-11-15-39)40-16-12-9-13-17-40/h8-33H,1-7H3. The zero-order valence-corrected chi connectivity index (χ0v) is 32.0. The monoisotopic (exact) mass is 685 g/mol. The van der Waals surface area contributed by atoms with Crippen molar-refractivity contribution in [2.24, 2.45) is 0 Å². The Kier molecular flexibility index (Phi) is 7.48. The van der Waals surface area contributed by atoms with E-state index in [0.717, 1.165) is 17.1 Å². The van der Waals surface area contributed by atoms with Gasteiger partial charge in [0, 0.05) is 22.5 Å². The lowest BCUT2D eigenvalue weighted by Crippen LogP contribution is -2.29. The molecule has 0 N–H and O–H groups in total. The molecule has 1 unspecified atom stereocenters. The van der Waals surface area contributed by atoms with Crippen LogP contribution >= 0.6 is 0 Å². The van der Waals surface area contributed by atoms with Gasteiger partial charge in [-0.1, -0.05) is 155 Å². The van der Waals surface area contributed by atoms with Gasteiger partial charge >= 0.3 is 0 Å². The normalized spacial score (nSPS) is 16.4. The van der Waals surface area contributed by atoms with Crippen LogP contribution in [0.15, 0.2) is 158 Å². The summed E-state index contributed by atoms with van der Waals surface area (Å²) in [5, 5.41) is 0. The topological polar surface area (TPSA) is 3.24 Å². The molecule has 7 aromatic rings. The summed E-state index contributed by atoms with van der Waals surface area (Å²) >= 11 is 0. The summed E-state index contributed by atoms with van der Waals surface area (Å²) < 4.78 is 0. The van der Waals surface area contributed by atoms with Crippen molar-refractivity contribution in [1.82, 2.24) is 0 Å². The summed E-state index contributed by atoms with van der Waals surface area (Å²) in [6.07, 6.45) is 0. The van der Waals surface area contributed by atoms with E-state index in [2.05, 4.69) is 211 Å². The van der Waals surface area contributed by atoms with Gasteiger partial charge in [0.25, 0.3) is 0 Å². The number of benzene rings is 7. The Morgan fingerprint density at radius 1 is 0.415 bits per heavy atom. The summed E-state index contributed by atoms with van der Waals surface area (Å²) in [5.41, 5.74) is 20.3. The Balaban J connectivity index is 1.33. The highest BCUT2D eigenvalue weighted by atomic mass is 15.1. The van der Waals surface area contributed by atoms with Crippen LogP contribution in [0.25, 0.3) is 22.3 Å². The summed E-state index contributed by atoms with van der Waals surface area (Å²) in [6.45, 7) is 16.2. The van der Waals surface area contributed by atoms with Crippen molar-refractivity contribution in [3.05, 3.63) is 208 Å². The maximum Gasteiger partial charge on any atom is 0.0713 e. The Hall–Kier alpha value is -5.66. The van der Waals surface area contributed by atoms with Crippen LogP contribution in [0.4, 0.5) is 17.1 Å². The van der Waals surface area contributed by atoms with Crippen molar-refractivity contribution in [1.29, 1.82) is 0 Å². The average Bonchev–Trinajstić information content (AvgIpc) is 3.56. The molecule has 1 heteroatoms. The van der Waals surface area contributed by atoms with Crippen LogP contribution in [0.1, 0.15) is 84.7 Å². The van der Waals surface area contributed by atoms with Gasteiger partial charge in [-0.25, -0.2) is 0 Å². The Morgan fingerprint density at radius 3 is 1.38 bits per heavy atom. The van der Waals surface area contributed by atoms with Crippen molar-refractivity contribution in [2.45, 2.75) is 64.7 Å². The Morgan fingerprint density at radius 2 is 0.830 bits per heavy atom. The molecule has 0 radical (unpaired) electrons. The van der Waals surface area contributed by atoms with E-state index in [1.165, 1.54) is 72.3 Å². The molecule has 0 heterocycles. The highest BCUT2D eigenvalue weighted by Gasteiger charge is 2.48. The summed E-state index contributed by atoms with van der Waals surface area (Å²) in [5.74, 6) is 0. The SMILES string of the molecule is Cc1ccc2c(c1)C(C)(C)c1cc3c(cc1-2)C(c1ccc(N(c2ccccc2)c2ccccc2)cc1)(c1ccc(C(C)(C)C)cc1)c1cc(C)ccc1-3. The van der Waals surface area contributed by atoms with E-state index in [1.807, 2.05) is 0 Å². The van der Waals surface area contributed by atoms with Gasteiger partial charge in [-0.2, -0.15) is 0 Å². The maximum atomic E-state index is 2.56. The van der Waals surface area contributed by atoms with E-state index < -0.39 is 5.41 Å². The molecule has 7 aromatic carbocycles. The van der Waals surface area contributed by atoms with Crippen LogP contribution < -0.4 is 4.90 Å². The zero-order chi connectivity index (χ0) is 36.7. The highest BCUT2D eigenvalue weighted by molar-refractivity contribution is 5.93. The van der Waals surface area contributed by atoms with E-state index in [-0.39, 0.29) is 10.8 Å². The fourth-order valence-corrected chi connectivity index (χ4v) is 9.25. The molecular weight excluding hydrogens is 639 g/mol. The summed E-state index contributed by atoms with van der Waals surface area (Å²) in [6, 6.07) is 59.6. The fraction of sp³-hybridized carbons (Fsp3) is 0.192. The van der Waals surface area contributed by atoms with Gasteiger partial charge in [-0.15, -0.1) is 0 Å². The molecule has 53 heavy (non-hydrogen) atoms. The first-order valence-electron chi connectivity index (χ1n) is 19.0. The van der Waals surface area contributed by atoms with Gasteiger partial charge in [0.2, 0.25) is 0 Å². The van der Waals surface area contributed by atoms with Crippen molar-refractivity contribution in [3.8, 4) is 22.3 Å². The Bertz CT molecular complexity index is 2460. The van der Waals surface area contributed by atoms with Crippen LogP contribution in [0, 0.1) is 13.8 Å². The predicted molar refractivity (Wildman–Crippen MR) is 224 cm³/mol. The first-order chi connectivity index (χ1) is 25.5.